The monoisotopic (exact) mass is 542 g/mol. The average molecular weight is 543 g/mol. The molecular weight excluding hydrogens is 520 g/mol. The first-order valence-corrected chi connectivity index (χ1v) is 13.9. The molecule has 0 atom stereocenters. The molecule has 0 aliphatic carbocycles. The molecule has 198 valence electrons. The van der Waals surface area contributed by atoms with E-state index in [9.17, 15) is 0 Å². The number of oxazole rings is 1. The molecule has 0 bridgehead atoms. The number of fused-ring (bicyclic) bond motifs is 8. The molecule has 42 heavy (non-hydrogen) atoms. The van der Waals surface area contributed by atoms with Gasteiger partial charge in [-0.15, -0.1) is 0 Å². The minimum atomic E-state index is 0.555. The van der Waals surface area contributed by atoms with Gasteiger partial charge < -0.3 is 18.2 Å². The third kappa shape index (κ3) is 3.34. The SMILES string of the molecule is c1ccc(-c2nc3c(o2)c(N(c2ccccc2)c2cccc4c2oc2ccccc24)cc2oc4ccccc4c23)cc1. The minimum absolute atomic E-state index is 0.555. The Kier molecular flexibility index (Phi) is 4.83. The van der Waals surface area contributed by atoms with Gasteiger partial charge in [0.2, 0.25) is 5.89 Å². The molecule has 0 unspecified atom stereocenters. The molecule has 3 heterocycles. The number of rotatable bonds is 4. The highest BCUT2D eigenvalue weighted by Gasteiger charge is 2.26. The van der Waals surface area contributed by atoms with Crippen molar-refractivity contribution in [3.05, 3.63) is 133 Å². The van der Waals surface area contributed by atoms with E-state index < -0.39 is 0 Å². The molecular formula is C37H22N2O3. The molecule has 0 fully saturated rings. The molecule has 0 saturated carbocycles. The molecule has 5 heteroatoms. The van der Waals surface area contributed by atoms with E-state index in [2.05, 4.69) is 53.4 Å². The lowest BCUT2D eigenvalue weighted by molar-refractivity contribution is 0.619. The van der Waals surface area contributed by atoms with Gasteiger partial charge in [0, 0.05) is 33.5 Å². The van der Waals surface area contributed by atoms with Crippen LogP contribution in [0.5, 0.6) is 0 Å². The van der Waals surface area contributed by atoms with Crippen LogP contribution in [-0.4, -0.2) is 4.98 Å². The van der Waals surface area contributed by atoms with Crippen molar-refractivity contribution in [2.75, 3.05) is 4.90 Å². The zero-order valence-corrected chi connectivity index (χ0v) is 22.3. The molecule has 0 radical (unpaired) electrons. The number of nitrogens with zero attached hydrogens (tertiary/aromatic N) is 2. The predicted molar refractivity (Wildman–Crippen MR) is 169 cm³/mol. The van der Waals surface area contributed by atoms with Crippen molar-refractivity contribution in [1.82, 2.24) is 4.98 Å². The number of furan rings is 2. The number of hydrogen-bond donors (Lipinski definition) is 0. The molecule has 3 aromatic heterocycles. The number of anilines is 3. The van der Waals surface area contributed by atoms with Gasteiger partial charge in [0.25, 0.3) is 0 Å². The van der Waals surface area contributed by atoms with Crippen molar-refractivity contribution in [3.8, 4) is 11.5 Å². The van der Waals surface area contributed by atoms with Crippen LogP contribution < -0.4 is 4.90 Å². The Morgan fingerprint density at radius 1 is 0.476 bits per heavy atom. The summed E-state index contributed by atoms with van der Waals surface area (Å²) < 4.78 is 19.6. The third-order valence-electron chi connectivity index (χ3n) is 7.89. The molecule has 0 N–H and O–H groups in total. The number of para-hydroxylation sites is 4. The minimum Gasteiger partial charge on any atom is -0.456 e. The van der Waals surface area contributed by atoms with Crippen LogP contribution in [0.3, 0.4) is 0 Å². The number of aromatic nitrogens is 1. The Balaban J connectivity index is 1.42. The lowest BCUT2D eigenvalue weighted by atomic mass is 10.1. The molecule has 6 aromatic carbocycles. The fourth-order valence-electron chi connectivity index (χ4n) is 6.03. The van der Waals surface area contributed by atoms with E-state index in [-0.39, 0.29) is 0 Å². The standard InChI is InChI=1S/C37H22N2O3/c1-3-12-23(13-4-1)37-38-34-33-27-17-8-10-21-31(27)40-32(33)22-29(36(34)42-37)39(24-14-5-2-6-15-24)28-19-11-18-26-25-16-7-9-20-30(25)41-35(26)28/h1-22H. The summed E-state index contributed by atoms with van der Waals surface area (Å²) in [6.07, 6.45) is 0. The second-order valence-corrected chi connectivity index (χ2v) is 10.4. The van der Waals surface area contributed by atoms with E-state index in [1.165, 1.54) is 0 Å². The summed E-state index contributed by atoms with van der Waals surface area (Å²) in [5.74, 6) is 0.555. The van der Waals surface area contributed by atoms with Gasteiger partial charge in [-0.3, -0.25) is 0 Å². The van der Waals surface area contributed by atoms with Crippen molar-refractivity contribution in [3.63, 3.8) is 0 Å². The van der Waals surface area contributed by atoms with Crippen LogP contribution in [0.1, 0.15) is 0 Å². The van der Waals surface area contributed by atoms with Crippen LogP contribution in [0.4, 0.5) is 17.1 Å². The van der Waals surface area contributed by atoms with E-state index in [0.29, 0.717) is 11.5 Å². The number of hydrogen-bond acceptors (Lipinski definition) is 5. The van der Waals surface area contributed by atoms with E-state index in [1.54, 1.807) is 0 Å². The number of benzene rings is 6. The maximum Gasteiger partial charge on any atom is 0.227 e. The van der Waals surface area contributed by atoms with Crippen LogP contribution in [-0.2, 0) is 0 Å². The van der Waals surface area contributed by atoms with Crippen molar-refractivity contribution >= 4 is 72.0 Å². The average Bonchev–Trinajstić information content (AvgIpc) is 3.76. The summed E-state index contributed by atoms with van der Waals surface area (Å²) in [4.78, 5) is 7.26. The van der Waals surface area contributed by atoms with Crippen LogP contribution in [0.15, 0.2) is 147 Å². The summed E-state index contributed by atoms with van der Waals surface area (Å²) in [5, 5.41) is 4.06. The van der Waals surface area contributed by atoms with E-state index in [1.807, 2.05) is 84.9 Å². The quantitative estimate of drug-likeness (QED) is 0.221. The van der Waals surface area contributed by atoms with Gasteiger partial charge in [0.1, 0.15) is 22.3 Å². The maximum atomic E-state index is 6.68. The maximum absolute atomic E-state index is 6.68. The molecule has 9 rings (SSSR count). The Hall–Kier alpha value is -5.81. The van der Waals surface area contributed by atoms with Crippen molar-refractivity contribution in [2.45, 2.75) is 0 Å². The fraction of sp³-hybridized carbons (Fsp3) is 0. The Bertz CT molecular complexity index is 2420. The molecule has 0 aliphatic rings. The summed E-state index contributed by atoms with van der Waals surface area (Å²) in [5.41, 5.74) is 8.18. The van der Waals surface area contributed by atoms with Gasteiger partial charge in [-0.05, 0) is 42.5 Å². The van der Waals surface area contributed by atoms with Gasteiger partial charge in [0.15, 0.2) is 11.2 Å². The first-order valence-electron chi connectivity index (χ1n) is 13.9. The summed E-state index contributed by atoms with van der Waals surface area (Å²) >= 11 is 0. The lowest BCUT2D eigenvalue weighted by Crippen LogP contribution is -2.10. The van der Waals surface area contributed by atoms with E-state index >= 15 is 0 Å². The van der Waals surface area contributed by atoms with Crippen LogP contribution in [0.25, 0.3) is 66.4 Å². The van der Waals surface area contributed by atoms with Crippen LogP contribution >= 0.6 is 0 Å². The third-order valence-corrected chi connectivity index (χ3v) is 7.89. The summed E-state index contributed by atoms with van der Waals surface area (Å²) in [6.45, 7) is 0. The van der Waals surface area contributed by atoms with Crippen LogP contribution in [0.2, 0.25) is 0 Å². The normalized spacial score (nSPS) is 11.8. The Morgan fingerprint density at radius 2 is 1.14 bits per heavy atom. The second kappa shape index (κ2) is 8.85. The molecule has 0 aliphatic heterocycles. The molecule has 0 spiro atoms. The summed E-state index contributed by atoms with van der Waals surface area (Å²) in [6, 6.07) is 44.8. The first kappa shape index (κ1) is 22.9. The van der Waals surface area contributed by atoms with Gasteiger partial charge in [-0.1, -0.05) is 84.9 Å². The van der Waals surface area contributed by atoms with Crippen molar-refractivity contribution < 1.29 is 13.3 Å². The zero-order chi connectivity index (χ0) is 27.6. The zero-order valence-electron chi connectivity index (χ0n) is 22.3. The van der Waals surface area contributed by atoms with Gasteiger partial charge in [-0.25, -0.2) is 4.98 Å². The largest absolute Gasteiger partial charge is 0.456 e. The lowest BCUT2D eigenvalue weighted by Gasteiger charge is -2.25. The molecule has 0 amide bonds. The van der Waals surface area contributed by atoms with E-state index in [4.69, 9.17) is 18.2 Å². The Morgan fingerprint density at radius 3 is 1.95 bits per heavy atom. The van der Waals surface area contributed by atoms with Crippen molar-refractivity contribution in [1.29, 1.82) is 0 Å². The van der Waals surface area contributed by atoms with E-state index in [0.717, 1.165) is 72.0 Å². The molecule has 5 nitrogen and oxygen atoms in total. The first-order chi connectivity index (χ1) is 20.8. The fourth-order valence-corrected chi connectivity index (χ4v) is 6.03. The molecule has 0 saturated heterocycles. The van der Waals surface area contributed by atoms with Gasteiger partial charge in [-0.2, -0.15) is 0 Å². The Labute approximate surface area is 239 Å². The smallest absolute Gasteiger partial charge is 0.227 e. The second-order valence-electron chi connectivity index (χ2n) is 10.4. The predicted octanol–water partition coefficient (Wildman–Crippen LogP) is 10.8. The highest BCUT2D eigenvalue weighted by molar-refractivity contribution is 6.21. The highest BCUT2D eigenvalue weighted by atomic mass is 16.4. The molecule has 9 aromatic rings. The highest BCUT2D eigenvalue weighted by Crippen LogP contribution is 2.47. The van der Waals surface area contributed by atoms with Gasteiger partial charge in [0.05, 0.1) is 16.8 Å². The van der Waals surface area contributed by atoms with Crippen molar-refractivity contribution in [2.24, 2.45) is 0 Å². The van der Waals surface area contributed by atoms with Crippen LogP contribution in [0, 0.1) is 0 Å². The van der Waals surface area contributed by atoms with Gasteiger partial charge >= 0.3 is 0 Å². The summed E-state index contributed by atoms with van der Waals surface area (Å²) in [7, 11) is 0. The topological polar surface area (TPSA) is 55.6 Å².